The number of hydrogen-bond acceptors (Lipinski definition) is 3. The minimum atomic E-state index is -0.148. The summed E-state index contributed by atoms with van der Waals surface area (Å²) in [4.78, 5) is 26.7. The number of carbonyl (C=O) groups excluding carboxylic acids is 2. The molecule has 1 amide bonds. The van der Waals surface area contributed by atoms with Crippen LogP contribution in [0.4, 0.5) is 0 Å². The first-order valence-electron chi connectivity index (χ1n) is 11.9. The van der Waals surface area contributed by atoms with Gasteiger partial charge in [0.2, 0.25) is 0 Å². The summed E-state index contributed by atoms with van der Waals surface area (Å²) in [6, 6.07) is 20.1. The number of aryl methyl sites for hydroxylation is 1. The molecule has 1 aromatic heterocycles. The molecule has 170 valence electrons. The number of hydrogen-bond donors (Lipinski definition) is 1. The van der Waals surface area contributed by atoms with Crippen molar-refractivity contribution in [2.75, 3.05) is 6.61 Å². The van der Waals surface area contributed by atoms with E-state index in [4.69, 9.17) is 4.74 Å². The Hall–Kier alpha value is -3.18. The molecule has 1 aliphatic heterocycles. The predicted molar refractivity (Wildman–Crippen MR) is 127 cm³/mol. The maximum absolute atomic E-state index is 13.4. The zero-order chi connectivity index (χ0) is 22.8. The predicted octanol–water partition coefficient (Wildman–Crippen LogP) is 5.20. The number of carbonyl (C=O) groups is 2. The van der Waals surface area contributed by atoms with Crippen LogP contribution in [0.3, 0.4) is 0 Å². The smallest absolute Gasteiger partial charge is 0.253 e. The zero-order valence-corrected chi connectivity index (χ0v) is 19.0. The van der Waals surface area contributed by atoms with Gasteiger partial charge in [-0.25, -0.2) is 0 Å². The molecular weight excluding hydrogens is 412 g/mol. The topological polar surface area (TPSA) is 60.3 Å². The van der Waals surface area contributed by atoms with Gasteiger partial charge in [-0.2, -0.15) is 0 Å². The molecule has 0 saturated carbocycles. The molecular formula is C28H30N2O3. The Morgan fingerprint density at radius 2 is 1.91 bits per heavy atom. The summed E-state index contributed by atoms with van der Waals surface area (Å²) in [7, 11) is 0. The number of fused-ring (bicyclic) bond motifs is 2. The second-order valence-corrected chi connectivity index (χ2v) is 9.00. The van der Waals surface area contributed by atoms with E-state index in [2.05, 4.69) is 36.5 Å². The van der Waals surface area contributed by atoms with Gasteiger partial charge in [0, 0.05) is 13.0 Å². The molecule has 1 N–H and O–H groups in total. The summed E-state index contributed by atoms with van der Waals surface area (Å²) >= 11 is 0. The lowest BCUT2D eigenvalue weighted by molar-refractivity contribution is 0.0780. The summed E-state index contributed by atoms with van der Waals surface area (Å²) in [5.41, 5.74) is 5.72. The summed E-state index contributed by atoms with van der Waals surface area (Å²) in [5, 5.41) is 3.17. The lowest BCUT2D eigenvalue weighted by atomic mass is 9.94. The van der Waals surface area contributed by atoms with Gasteiger partial charge in [0.1, 0.15) is 0 Å². The third-order valence-electron chi connectivity index (χ3n) is 7.04. The fourth-order valence-electron chi connectivity index (χ4n) is 5.28. The maximum Gasteiger partial charge on any atom is 0.253 e. The van der Waals surface area contributed by atoms with Gasteiger partial charge >= 0.3 is 0 Å². The van der Waals surface area contributed by atoms with E-state index in [1.54, 1.807) is 6.07 Å². The summed E-state index contributed by atoms with van der Waals surface area (Å²) in [5.74, 6) is 0.207. The molecule has 2 atom stereocenters. The normalized spacial score (nSPS) is 17.8. The number of rotatable bonds is 7. The second kappa shape index (κ2) is 9.36. The van der Waals surface area contributed by atoms with Gasteiger partial charge in [-0.15, -0.1) is 0 Å². The molecule has 0 spiro atoms. The van der Waals surface area contributed by atoms with Crippen molar-refractivity contribution < 1.29 is 14.3 Å². The van der Waals surface area contributed by atoms with E-state index < -0.39 is 0 Å². The molecule has 33 heavy (non-hydrogen) atoms. The molecule has 0 bridgehead atoms. The summed E-state index contributed by atoms with van der Waals surface area (Å²) in [6.45, 7) is 3.56. The third kappa shape index (κ3) is 4.25. The van der Waals surface area contributed by atoms with Gasteiger partial charge in [-0.1, -0.05) is 61.5 Å². The lowest BCUT2D eigenvalue weighted by Crippen LogP contribution is -2.29. The molecule has 0 saturated heterocycles. The van der Waals surface area contributed by atoms with Crippen molar-refractivity contribution in [3.8, 4) is 0 Å². The molecule has 2 aromatic carbocycles. The lowest BCUT2D eigenvalue weighted by Gasteiger charge is -2.21. The van der Waals surface area contributed by atoms with Crippen LogP contribution in [0.25, 0.3) is 0 Å². The van der Waals surface area contributed by atoms with Crippen molar-refractivity contribution in [3.63, 3.8) is 0 Å². The number of benzene rings is 2. The standard InChI is InChI=1S/C28H30N2O3/c1-2-24(20-9-4-3-5-10-20)29-28(32)23-17-25(30-14-15-33-18-26(23)30)27(31)16-21-13-12-19-8-6-7-11-22(19)21/h3-11,17,21,24H,2,12-16,18H2,1H3,(H,29,32)/t21-,24+/m0/s1. The van der Waals surface area contributed by atoms with Crippen molar-refractivity contribution in [3.05, 3.63) is 94.3 Å². The fourth-order valence-corrected chi connectivity index (χ4v) is 5.28. The summed E-state index contributed by atoms with van der Waals surface area (Å²) in [6.07, 6.45) is 3.29. The van der Waals surface area contributed by atoms with Crippen LogP contribution in [-0.4, -0.2) is 22.9 Å². The van der Waals surface area contributed by atoms with Crippen LogP contribution < -0.4 is 5.32 Å². The average Bonchev–Trinajstić information content (AvgIpc) is 3.45. The first kappa shape index (κ1) is 21.7. The van der Waals surface area contributed by atoms with E-state index in [1.807, 2.05) is 34.9 Å². The number of ether oxygens (including phenoxy) is 1. The molecule has 0 unspecified atom stereocenters. The molecule has 5 heteroatoms. The first-order valence-corrected chi connectivity index (χ1v) is 11.9. The quantitative estimate of drug-likeness (QED) is 0.512. The third-order valence-corrected chi connectivity index (χ3v) is 7.04. The van der Waals surface area contributed by atoms with Crippen molar-refractivity contribution in [2.45, 2.75) is 57.7 Å². The SMILES string of the molecule is CC[C@@H](NC(=O)c1cc(C(=O)C[C@@H]2CCc3ccccc32)n2c1COCC2)c1ccccc1. The first-order chi connectivity index (χ1) is 16.2. The Bertz CT molecular complexity index is 1120. The highest BCUT2D eigenvalue weighted by Gasteiger charge is 2.30. The van der Waals surface area contributed by atoms with E-state index in [-0.39, 0.29) is 23.7 Å². The van der Waals surface area contributed by atoms with E-state index in [0.29, 0.717) is 37.4 Å². The van der Waals surface area contributed by atoms with Crippen molar-refractivity contribution in [1.82, 2.24) is 9.88 Å². The number of nitrogens with one attached hydrogen (secondary N) is 1. The minimum Gasteiger partial charge on any atom is -0.373 e. The van der Waals surface area contributed by atoms with Crippen LogP contribution in [-0.2, 0) is 24.3 Å². The van der Waals surface area contributed by atoms with E-state index in [1.165, 1.54) is 11.1 Å². The Morgan fingerprint density at radius 3 is 2.73 bits per heavy atom. The molecule has 3 aromatic rings. The van der Waals surface area contributed by atoms with Gasteiger partial charge in [-0.3, -0.25) is 9.59 Å². The molecule has 5 rings (SSSR count). The van der Waals surface area contributed by atoms with E-state index in [9.17, 15) is 9.59 Å². The van der Waals surface area contributed by atoms with Crippen molar-refractivity contribution in [2.24, 2.45) is 0 Å². The zero-order valence-electron chi connectivity index (χ0n) is 19.0. The second-order valence-electron chi connectivity index (χ2n) is 9.00. The van der Waals surface area contributed by atoms with Gasteiger partial charge in [0.25, 0.3) is 5.91 Å². The number of aromatic nitrogens is 1. The monoisotopic (exact) mass is 442 g/mol. The highest BCUT2D eigenvalue weighted by Crippen LogP contribution is 2.36. The molecule has 0 fully saturated rings. The summed E-state index contributed by atoms with van der Waals surface area (Å²) < 4.78 is 7.67. The number of amides is 1. The Labute approximate surface area is 194 Å². The van der Waals surface area contributed by atoms with E-state index in [0.717, 1.165) is 30.5 Å². The largest absolute Gasteiger partial charge is 0.373 e. The van der Waals surface area contributed by atoms with Crippen LogP contribution in [0.1, 0.15) is 81.4 Å². The van der Waals surface area contributed by atoms with Crippen LogP contribution in [0.2, 0.25) is 0 Å². The van der Waals surface area contributed by atoms with Crippen LogP contribution in [0.15, 0.2) is 60.7 Å². The Balaban J connectivity index is 1.39. The van der Waals surface area contributed by atoms with Gasteiger partial charge < -0.3 is 14.6 Å². The van der Waals surface area contributed by atoms with Crippen molar-refractivity contribution >= 4 is 11.7 Å². The van der Waals surface area contributed by atoms with Crippen LogP contribution in [0, 0.1) is 0 Å². The maximum atomic E-state index is 13.4. The van der Waals surface area contributed by atoms with Crippen LogP contribution >= 0.6 is 0 Å². The molecule has 1 aliphatic carbocycles. The highest BCUT2D eigenvalue weighted by atomic mass is 16.5. The van der Waals surface area contributed by atoms with Crippen molar-refractivity contribution in [1.29, 1.82) is 0 Å². The van der Waals surface area contributed by atoms with E-state index >= 15 is 0 Å². The molecule has 2 aliphatic rings. The Kier molecular flexibility index (Phi) is 6.14. The number of Topliss-reactive ketones (excluding diaryl/α,β-unsaturated/α-hetero) is 1. The molecule has 0 radical (unpaired) electrons. The van der Waals surface area contributed by atoms with Gasteiger partial charge in [0.15, 0.2) is 5.78 Å². The minimum absolute atomic E-state index is 0.0760. The number of nitrogens with zero attached hydrogens (tertiary/aromatic N) is 1. The highest BCUT2D eigenvalue weighted by molar-refractivity contribution is 6.01. The fraction of sp³-hybridized carbons (Fsp3) is 0.357. The number of ketones is 1. The van der Waals surface area contributed by atoms with Gasteiger partial charge in [0.05, 0.1) is 36.2 Å². The average molecular weight is 443 g/mol. The molecule has 5 nitrogen and oxygen atoms in total. The Morgan fingerprint density at radius 1 is 1.12 bits per heavy atom. The van der Waals surface area contributed by atoms with Gasteiger partial charge in [-0.05, 0) is 47.9 Å². The van der Waals surface area contributed by atoms with Crippen LogP contribution in [0.5, 0.6) is 0 Å². The molecule has 2 heterocycles.